The van der Waals surface area contributed by atoms with E-state index in [4.69, 9.17) is 177 Å². The largest absolute Gasteiger partial charge is 0.388 e. The van der Waals surface area contributed by atoms with E-state index in [0.717, 1.165) is 163 Å². The first kappa shape index (κ1) is 115. The molecule has 132 heavy (non-hydrogen) atoms. The number of rotatable bonds is 49. The number of halogens is 6. The Morgan fingerprint density at radius 1 is 0.326 bits per heavy atom. The highest BCUT2D eigenvalue weighted by Gasteiger charge is 2.08. The highest BCUT2D eigenvalue weighted by Crippen LogP contribution is 2.22. The summed E-state index contributed by atoms with van der Waals surface area (Å²) in [5.41, 5.74) is 84.8. The van der Waals surface area contributed by atoms with Crippen LogP contribution in [0.3, 0.4) is 0 Å². The van der Waals surface area contributed by atoms with Crippen molar-refractivity contribution in [2.75, 3.05) is 36.8 Å². The van der Waals surface area contributed by atoms with Crippen LogP contribution in [0.25, 0.3) is 0 Å². The van der Waals surface area contributed by atoms with Crippen molar-refractivity contribution < 1.29 is 9.59 Å². The Labute approximate surface area is 806 Å². The Balaban J connectivity index is 0.000000554. The van der Waals surface area contributed by atoms with Gasteiger partial charge in [-0.3, -0.25) is 35.6 Å². The first-order chi connectivity index (χ1) is 63.1. The molecule has 7 aromatic rings. The minimum Gasteiger partial charge on any atom is -0.388 e. The van der Waals surface area contributed by atoms with Crippen molar-refractivity contribution in [2.24, 2.45) is 130 Å². The van der Waals surface area contributed by atoms with Crippen molar-refractivity contribution in [3.63, 3.8) is 0 Å². The number of aliphatic imine (C=N–C) groups is 10. The zero-order chi connectivity index (χ0) is 97.5. The number of guanidine groups is 3. The molecule has 7 rings (SSSR count). The number of amidine groups is 9. The summed E-state index contributed by atoms with van der Waals surface area (Å²) in [5.74, 6) is 3.76. The van der Waals surface area contributed by atoms with Crippen molar-refractivity contribution >= 4 is 197 Å². The van der Waals surface area contributed by atoms with Gasteiger partial charge in [0.25, 0.3) is 0 Å². The Hall–Kier alpha value is -12.7. The van der Waals surface area contributed by atoms with Crippen LogP contribution in [0.2, 0.25) is 30.1 Å². The lowest BCUT2D eigenvalue weighted by Crippen LogP contribution is -2.26. The molecule has 0 spiro atoms. The molecule has 0 radical (unpaired) electrons. The lowest BCUT2D eigenvalue weighted by Gasteiger charge is -2.05. The van der Waals surface area contributed by atoms with Gasteiger partial charge in [-0.15, -0.1) is 0 Å². The van der Waals surface area contributed by atoms with Gasteiger partial charge in [0.15, 0.2) is 5.96 Å². The van der Waals surface area contributed by atoms with Gasteiger partial charge in [0.05, 0.1) is 66.8 Å². The first-order valence-electron chi connectivity index (χ1n) is 43.1. The third-order valence-electron chi connectivity index (χ3n) is 17.8. The Kier molecular flexibility index (Phi) is 63.0. The van der Waals surface area contributed by atoms with E-state index in [-0.39, 0.29) is 42.4 Å². The second-order valence-electron chi connectivity index (χ2n) is 29.8. The Morgan fingerprint density at radius 2 is 0.652 bits per heavy atom. The molecule has 712 valence electrons. The van der Waals surface area contributed by atoms with Gasteiger partial charge in [-0.05, 0) is 215 Å². The molecule has 0 aromatic heterocycles. The van der Waals surface area contributed by atoms with E-state index in [9.17, 15) is 9.59 Å². The molecule has 0 heterocycles. The van der Waals surface area contributed by atoms with Crippen LogP contribution in [0.4, 0.5) is 38.9 Å². The molecule has 33 nitrogen and oxygen atoms in total. The molecule has 3 amide bonds. The van der Waals surface area contributed by atoms with E-state index in [0.29, 0.717) is 165 Å². The number of nitriles is 1. The van der Waals surface area contributed by atoms with Crippen molar-refractivity contribution in [1.29, 1.82) is 26.9 Å². The molecule has 0 aliphatic carbocycles. The fraction of sp³-hybridized carbons (Fsp3) is 0.366. The van der Waals surface area contributed by atoms with Gasteiger partial charge in [0.2, 0.25) is 17.8 Å². The standard InChI is InChI=1S/C24H33ClN8.C19H29ClN6O.C19H27ClN6.C17H27ClN6.C7H8ClN3.C7H7ClN2O/c25-19-14-12-18(13-15-19)17-22(27)32-21(26)11-7-2-1-3-8-16-30-23(28)33-24(29)31-20-9-5-4-6-10-20;20-14-7-9-16(10-8-14)26-18(23)13-17(22)25-11-5-3-1-2-4-6-15(21)12-19(24)27;20-15-7-9-17(10-8-15)26-19(24)14-18(23)25-13-5-3-1-2-4-6-16(22)11-12-21;18-13-7-9-14(10-8-13)24-17(22)12-16(21)23-11-5-3-1-2-4-6-15(19)20;8-5-1-3-6(4-2-5)11-7(9)10;8-5-1-3-6(4-2-5)10-7(9)11/h4-6,9-10,12-15H,1-3,7-8,11,16-17H2,(H3,26,27,32)(H5,28,29,30,31,33);7-10,21H,1-6,11-13H2,(H2,22,25)(H2,23,26)(H2,24,27);7-10,22H,1-6,11,13-14H2,(H2,23,25)(H2,24,26);7-10H,1-6,11-12H2,(H3,19,20)(H2,21,23)(H2,22,24);1-4H,(H4,9,10,11);1-4H,(H3,9,10,11). The van der Waals surface area contributed by atoms with Gasteiger partial charge in [0.1, 0.15) is 46.7 Å². The summed E-state index contributed by atoms with van der Waals surface area (Å²) in [5, 5.41) is 48.1. The first-order valence-corrected chi connectivity index (χ1v) is 45.4. The highest BCUT2D eigenvalue weighted by atomic mass is 35.5. The smallest absolute Gasteiger partial charge is 0.316 e. The normalized spacial score (nSPS) is 11.8. The summed E-state index contributed by atoms with van der Waals surface area (Å²) in [7, 11) is 0. The predicted molar refractivity (Wildman–Crippen MR) is 558 cm³/mol. The number of nitrogens with one attached hydrogen (secondary N) is 6. The topological polar surface area (TPSA) is 665 Å². The molecule has 39 heteroatoms. The number of benzene rings is 7. The summed E-state index contributed by atoms with van der Waals surface area (Å²) in [6.45, 7) is 2.66. The number of anilines is 2. The molecule has 7 aromatic carbocycles. The lowest BCUT2D eigenvalue weighted by atomic mass is 10.1. The number of carbonyl (C=O) groups is 2. The third kappa shape index (κ3) is 66.6. The molecule has 0 aliphatic rings. The van der Waals surface area contributed by atoms with E-state index < -0.39 is 11.9 Å². The summed E-state index contributed by atoms with van der Waals surface area (Å²) in [6.07, 6.45) is 25.1. The number of nitrogens with zero attached hydrogens (tertiary/aromatic N) is 11. The van der Waals surface area contributed by atoms with E-state index in [1.165, 1.54) is 0 Å². The maximum atomic E-state index is 10.7. The number of carbonyl (C=O) groups excluding carboxylic acids is 2. The highest BCUT2D eigenvalue weighted by molar-refractivity contribution is 6.32. The number of urea groups is 1. The molecule has 0 atom stereocenters. The van der Waals surface area contributed by atoms with E-state index >= 15 is 0 Å². The molecule has 0 bridgehead atoms. The molecule has 0 aliphatic heterocycles. The SMILES string of the molecule is N#CCC(=N)CCCCCCCN=C(N)CC(N)=Nc1ccc(Cl)cc1.N=C(CCCCCCCN=C(N)CC(N)=Nc1ccc(Cl)cc1)CC(N)=O.N=C(Cc1ccc(Cl)cc1)N=C(N)CCCCCCCN=C(N)N=C(N)Nc1ccccc1.N=C(N)CCCCCCCN=C(N)CC(N)=Nc1ccc(Cl)cc1.NC(=O)Nc1ccc(Cl)cc1.NC(N)=Nc1ccc(Cl)cc1. The van der Waals surface area contributed by atoms with Gasteiger partial charge < -0.3 is 102 Å². The summed E-state index contributed by atoms with van der Waals surface area (Å²) in [4.78, 5) is 63.1. The minimum absolute atomic E-state index is 0.0484. The van der Waals surface area contributed by atoms with E-state index in [1.807, 2.05) is 60.7 Å². The molecular formula is C93H131Cl6N31O2. The monoisotopic (exact) mass is 1920 g/mol. The fourth-order valence-corrected chi connectivity index (χ4v) is 12.1. The van der Waals surface area contributed by atoms with E-state index in [1.54, 1.807) is 121 Å². The average molecular weight is 1930 g/mol. The van der Waals surface area contributed by atoms with Crippen molar-refractivity contribution in [3.8, 4) is 6.07 Å². The lowest BCUT2D eigenvalue weighted by molar-refractivity contribution is -0.116. The average Bonchev–Trinajstić information content (AvgIpc) is 0.922. The number of primary amides is 2. The zero-order valence-electron chi connectivity index (χ0n) is 74.9. The maximum Gasteiger partial charge on any atom is 0.316 e. The number of para-hydroxylation sites is 1. The number of unbranched alkanes of at least 4 members (excludes halogenated alkanes) is 16. The number of amides is 3. The molecule has 34 N–H and O–H groups in total. The Bertz CT molecular complexity index is 4900. The predicted octanol–water partition coefficient (Wildman–Crippen LogP) is 18.4. The molecular weight excluding hydrogens is 1800 g/mol. The van der Waals surface area contributed by atoms with Crippen molar-refractivity contribution in [2.45, 2.75) is 193 Å². The van der Waals surface area contributed by atoms with Crippen LogP contribution < -0.4 is 90.9 Å². The zero-order valence-corrected chi connectivity index (χ0v) is 79.4. The molecule has 0 saturated carbocycles. The second-order valence-corrected chi connectivity index (χ2v) is 32.4. The molecule has 0 saturated heterocycles. The number of hydrogen-bond acceptors (Lipinski definition) is 15. The number of nitrogens with two attached hydrogens (primary N) is 14. The van der Waals surface area contributed by atoms with Crippen LogP contribution in [0, 0.1) is 33.0 Å². The summed E-state index contributed by atoms with van der Waals surface area (Å²) in [6, 6.07) is 53.3. The van der Waals surface area contributed by atoms with Crippen LogP contribution in [0.5, 0.6) is 0 Å². The minimum atomic E-state index is -0.577. The van der Waals surface area contributed by atoms with Crippen LogP contribution in [0.1, 0.15) is 192 Å². The summed E-state index contributed by atoms with van der Waals surface area (Å²) < 4.78 is 0. The van der Waals surface area contributed by atoms with Crippen LogP contribution in [-0.4, -0.2) is 120 Å². The maximum absolute atomic E-state index is 10.7. The van der Waals surface area contributed by atoms with Crippen molar-refractivity contribution in [3.05, 3.63) is 212 Å². The van der Waals surface area contributed by atoms with Gasteiger partial charge >= 0.3 is 6.03 Å². The third-order valence-corrected chi connectivity index (χ3v) is 19.3. The van der Waals surface area contributed by atoms with Crippen LogP contribution in [-0.2, 0) is 11.2 Å². The van der Waals surface area contributed by atoms with E-state index in [2.05, 4.69) is 60.6 Å². The van der Waals surface area contributed by atoms with Gasteiger partial charge in [-0.1, -0.05) is 177 Å². The molecule has 0 fully saturated rings. The van der Waals surface area contributed by atoms with Gasteiger partial charge in [0, 0.05) is 98.4 Å². The van der Waals surface area contributed by atoms with Crippen molar-refractivity contribution in [1.82, 2.24) is 0 Å². The Morgan fingerprint density at radius 3 is 1.02 bits per heavy atom. The fourth-order valence-electron chi connectivity index (χ4n) is 11.4. The summed E-state index contributed by atoms with van der Waals surface area (Å²) >= 11 is 34.6. The van der Waals surface area contributed by atoms with Gasteiger partial charge in [-0.2, -0.15) is 10.3 Å². The number of hydrogen-bond donors (Lipinski definition) is 20. The quantitative estimate of drug-likeness (QED) is 0.00957. The van der Waals surface area contributed by atoms with Crippen LogP contribution in [0.15, 0.2) is 226 Å². The second kappa shape index (κ2) is 72.0. The van der Waals surface area contributed by atoms with Gasteiger partial charge in [-0.25, -0.2) is 29.8 Å². The molecule has 0 unspecified atom stereocenters. The van der Waals surface area contributed by atoms with Crippen LogP contribution >= 0.6 is 69.6 Å².